The van der Waals surface area contributed by atoms with Crippen molar-refractivity contribution in [1.29, 1.82) is 0 Å². The lowest BCUT2D eigenvalue weighted by Gasteiger charge is -2.10. The second kappa shape index (κ2) is 5.21. The Kier molecular flexibility index (Phi) is 3.46. The fraction of sp³-hybridized carbons (Fsp3) is 0.0667. The normalized spacial score (nSPS) is 9.88. The Morgan fingerprint density at radius 1 is 1.00 bits per heavy atom. The fourth-order valence-corrected chi connectivity index (χ4v) is 1.58. The van der Waals surface area contributed by atoms with Gasteiger partial charge in [0.25, 0.3) is 0 Å². The van der Waals surface area contributed by atoms with Crippen LogP contribution in [-0.4, -0.2) is 5.11 Å². The summed E-state index contributed by atoms with van der Waals surface area (Å²) in [5.41, 5.74) is 0.920. The van der Waals surface area contributed by atoms with Crippen molar-refractivity contribution in [1.82, 2.24) is 0 Å². The predicted molar refractivity (Wildman–Crippen MR) is 68.4 cm³/mol. The van der Waals surface area contributed by atoms with Crippen LogP contribution in [0.4, 0.5) is 0 Å². The molecule has 0 aliphatic rings. The number of para-hydroxylation sites is 2. The molecule has 2 rings (SSSR count). The molecule has 0 heterocycles. The third-order valence-electron chi connectivity index (χ3n) is 2.34. The summed E-state index contributed by atoms with van der Waals surface area (Å²) >= 11 is 0. The third kappa shape index (κ3) is 3.11. The van der Waals surface area contributed by atoms with Crippen molar-refractivity contribution in [2.45, 2.75) is 6.42 Å². The summed E-state index contributed by atoms with van der Waals surface area (Å²) < 4.78 is 5.76. The highest BCUT2D eigenvalue weighted by atomic mass is 16.5. The summed E-state index contributed by atoms with van der Waals surface area (Å²) in [6, 6.07) is 17.2. The summed E-state index contributed by atoms with van der Waals surface area (Å²) in [5, 5.41) is 9.25. The first-order valence-electron chi connectivity index (χ1n) is 5.43. The molecule has 0 bridgehead atoms. The third-order valence-corrected chi connectivity index (χ3v) is 2.34. The van der Waals surface area contributed by atoms with Crippen LogP contribution in [0.2, 0.25) is 0 Å². The van der Waals surface area contributed by atoms with Gasteiger partial charge in [0.05, 0.1) is 5.76 Å². The van der Waals surface area contributed by atoms with E-state index in [9.17, 15) is 5.11 Å². The number of aliphatic hydroxyl groups is 1. The highest BCUT2D eigenvalue weighted by Crippen LogP contribution is 2.26. The second-order valence-electron chi connectivity index (χ2n) is 3.77. The van der Waals surface area contributed by atoms with Crippen LogP contribution in [0.25, 0.3) is 0 Å². The molecule has 0 aliphatic carbocycles. The maximum absolute atomic E-state index is 9.25. The SMILES string of the molecule is C=C(O)Cc1ccccc1Oc1ccccc1. The van der Waals surface area contributed by atoms with E-state index in [4.69, 9.17) is 4.74 Å². The van der Waals surface area contributed by atoms with Crippen molar-refractivity contribution in [2.24, 2.45) is 0 Å². The van der Waals surface area contributed by atoms with Gasteiger partial charge >= 0.3 is 0 Å². The first-order chi connectivity index (χ1) is 8.25. The number of benzene rings is 2. The molecule has 0 fully saturated rings. The summed E-state index contributed by atoms with van der Waals surface area (Å²) in [5.74, 6) is 1.66. The van der Waals surface area contributed by atoms with E-state index in [1.54, 1.807) is 0 Å². The minimum atomic E-state index is 0.133. The number of hydrogen-bond donors (Lipinski definition) is 1. The Morgan fingerprint density at radius 2 is 1.65 bits per heavy atom. The maximum atomic E-state index is 9.25. The molecule has 0 amide bonds. The topological polar surface area (TPSA) is 29.5 Å². The fourth-order valence-electron chi connectivity index (χ4n) is 1.58. The van der Waals surface area contributed by atoms with Gasteiger partial charge in [-0.1, -0.05) is 43.0 Å². The van der Waals surface area contributed by atoms with Crippen molar-refractivity contribution >= 4 is 0 Å². The van der Waals surface area contributed by atoms with Crippen LogP contribution in [0.1, 0.15) is 5.56 Å². The first-order valence-corrected chi connectivity index (χ1v) is 5.43. The van der Waals surface area contributed by atoms with E-state index in [1.807, 2.05) is 54.6 Å². The molecule has 2 nitrogen and oxygen atoms in total. The number of hydrogen-bond acceptors (Lipinski definition) is 2. The van der Waals surface area contributed by atoms with Gasteiger partial charge in [-0.25, -0.2) is 0 Å². The molecule has 1 N–H and O–H groups in total. The lowest BCUT2D eigenvalue weighted by atomic mass is 10.1. The summed E-state index contributed by atoms with van der Waals surface area (Å²) in [7, 11) is 0. The minimum absolute atomic E-state index is 0.133. The summed E-state index contributed by atoms with van der Waals surface area (Å²) in [6.07, 6.45) is 0.406. The summed E-state index contributed by atoms with van der Waals surface area (Å²) in [4.78, 5) is 0. The number of ether oxygens (including phenoxy) is 1. The molecule has 0 radical (unpaired) electrons. The molecule has 2 aromatic rings. The molecular formula is C15H14O2. The smallest absolute Gasteiger partial charge is 0.131 e. The van der Waals surface area contributed by atoms with Gasteiger partial charge in [0, 0.05) is 12.0 Å². The molecular weight excluding hydrogens is 212 g/mol. The predicted octanol–water partition coefficient (Wildman–Crippen LogP) is 4.09. The van der Waals surface area contributed by atoms with E-state index in [2.05, 4.69) is 6.58 Å². The molecule has 0 unspecified atom stereocenters. The van der Waals surface area contributed by atoms with E-state index in [1.165, 1.54) is 0 Å². The monoisotopic (exact) mass is 226 g/mol. The Labute approximate surface area is 101 Å². The average molecular weight is 226 g/mol. The van der Waals surface area contributed by atoms with Gasteiger partial charge in [0.15, 0.2) is 0 Å². The zero-order chi connectivity index (χ0) is 12.1. The molecule has 0 saturated carbocycles. The van der Waals surface area contributed by atoms with Crippen molar-refractivity contribution in [3.05, 3.63) is 72.5 Å². The number of rotatable bonds is 4. The van der Waals surface area contributed by atoms with Crippen LogP contribution < -0.4 is 4.74 Å². The lowest BCUT2D eigenvalue weighted by molar-refractivity contribution is 0.397. The number of allylic oxidation sites excluding steroid dienone is 1. The Morgan fingerprint density at radius 3 is 2.35 bits per heavy atom. The van der Waals surface area contributed by atoms with Crippen molar-refractivity contribution in [3.63, 3.8) is 0 Å². The van der Waals surface area contributed by atoms with Crippen LogP contribution in [0.15, 0.2) is 66.9 Å². The zero-order valence-electron chi connectivity index (χ0n) is 9.47. The molecule has 0 atom stereocenters. The highest BCUT2D eigenvalue weighted by molar-refractivity contribution is 5.39. The molecule has 0 spiro atoms. The second-order valence-corrected chi connectivity index (χ2v) is 3.77. The molecule has 17 heavy (non-hydrogen) atoms. The van der Waals surface area contributed by atoms with E-state index >= 15 is 0 Å². The molecule has 0 saturated heterocycles. The Hall–Kier alpha value is -2.22. The van der Waals surface area contributed by atoms with Crippen molar-refractivity contribution in [2.75, 3.05) is 0 Å². The Bertz CT molecular complexity index is 503. The number of aliphatic hydroxyl groups excluding tert-OH is 1. The van der Waals surface area contributed by atoms with Gasteiger partial charge in [0.2, 0.25) is 0 Å². The van der Waals surface area contributed by atoms with Gasteiger partial charge < -0.3 is 9.84 Å². The lowest BCUT2D eigenvalue weighted by Crippen LogP contribution is -1.93. The van der Waals surface area contributed by atoms with E-state index < -0.39 is 0 Å². The van der Waals surface area contributed by atoms with Crippen LogP contribution in [0.5, 0.6) is 11.5 Å². The van der Waals surface area contributed by atoms with Gasteiger partial charge in [-0.3, -0.25) is 0 Å². The molecule has 86 valence electrons. The van der Waals surface area contributed by atoms with Gasteiger partial charge in [-0.15, -0.1) is 0 Å². The van der Waals surface area contributed by atoms with Gasteiger partial charge in [-0.05, 0) is 18.2 Å². The average Bonchev–Trinajstić information content (AvgIpc) is 2.32. The Balaban J connectivity index is 2.23. The van der Waals surface area contributed by atoms with Crippen LogP contribution in [-0.2, 0) is 6.42 Å². The highest BCUT2D eigenvalue weighted by Gasteiger charge is 2.05. The largest absolute Gasteiger partial charge is 0.513 e. The van der Waals surface area contributed by atoms with Crippen LogP contribution in [0.3, 0.4) is 0 Å². The minimum Gasteiger partial charge on any atom is -0.513 e. The van der Waals surface area contributed by atoms with Crippen molar-refractivity contribution in [3.8, 4) is 11.5 Å². The van der Waals surface area contributed by atoms with Crippen LogP contribution >= 0.6 is 0 Å². The summed E-state index contributed by atoms with van der Waals surface area (Å²) in [6.45, 7) is 3.50. The maximum Gasteiger partial charge on any atom is 0.131 e. The molecule has 0 aliphatic heterocycles. The first kappa shape index (κ1) is 11.3. The molecule has 2 aromatic carbocycles. The standard InChI is InChI=1S/C15H14O2/c1-12(16)11-13-7-5-6-10-15(13)17-14-8-3-2-4-9-14/h2-10,16H,1,11H2. The van der Waals surface area contributed by atoms with Gasteiger partial charge in [0.1, 0.15) is 11.5 Å². The van der Waals surface area contributed by atoms with E-state index in [0.717, 1.165) is 17.1 Å². The van der Waals surface area contributed by atoms with Gasteiger partial charge in [-0.2, -0.15) is 0 Å². The van der Waals surface area contributed by atoms with E-state index in [0.29, 0.717) is 6.42 Å². The quantitative estimate of drug-likeness (QED) is 0.795. The van der Waals surface area contributed by atoms with Crippen molar-refractivity contribution < 1.29 is 9.84 Å². The molecule has 2 heteroatoms. The zero-order valence-corrected chi connectivity index (χ0v) is 9.47. The van der Waals surface area contributed by atoms with E-state index in [-0.39, 0.29) is 5.76 Å². The van der Waals surface area contributed by atoms with Crippen LogP contribution in [0, 0.1) is 0 Å². The molecule has 0 aromatic heterocycles.